The van der Waals surface area contributed by atoms with E-state index < -0.39 is 24.5 Å². The van der Waals surface area contributed by atoms with E-state index in [9.17, 15) is 19.5 Å². The third-order valence-electron chi connectivity index (χ3n) is 6.13. The standard InChI is InChI=1S/C26H25Cl2N3O4/c27-18-10-11-22(21(28)14-18)29-26(35)30-23-13-17-7-5-4-6-16(17)12-20(23)25(34)31(15-24(32)33)19-8-2-1-3-9-19/h4-7,10-14,19H,1-3,8-9,15H2,(H,32,33)(H2,29,30,35). The molecule has 0 spiro atoms. The van der Waals surface area contributed by atoms with Gasteiger partial charge in [-0.1, -0.05) is 66.7 Å². The predicted octanol–water partition coefficient (Wildman–Crippen LogP) is 6.65. The monoisotopic (exact) mass is 513 g/mol. The van der Waals surface area contributed by atoms with Crippen molar-refractivity contribution in [1.82, 2.24) is 4.90 Å². The second kappa shape index (κ2) is 11.0. The number of benzene rings is 3. The number of amides is 3. The number of hydrogen-bond donors (Lipinski definition) is 3. The van der Waals surface area contributed by atoms with Crippen LogP contribution in [-0.2, 0) is 4.79 Å². The van der Waals surface area contributed by atoms with Crippen molar-refractivity contribution in [2.75, 3.05) is 17.2 Å². The van der Waals surface area contributed by atoms with Gasteiger partial charge in [-0.15, -0.1) is 0 Å². The highest BCUT2D eigenvalue weighted by atomic mass is 35.5. The van der Waals surface area contributed by atoms with Crippen LogP contribution in [0.5, 0.6) is 0 Å². The van der Waals surface area contributed by atoms with E-state index in [0.29, 0.717) is 10.7 Å². The maximum absolute atomic E-state index is 13.7. The predicted molar refractivity (Wildman–Crippen MR) is 139 cm³/mol. The molecule has 35 heavy (non-hydrogen) atoms. The first-order valence-corrected chi connectivity index (χ1v) is 12.2. The lowest BCUT2D eigenvalue weighted by Crippen LogP contribution is -2.44. The summed E-state index contributed by atoms with van der Waals surface area (Å²) in [6.45, 7) is -0.400. The van der Waals surface area contributed by atoms with E-state index in [4.69, 9.17) is 23.2 Å². The number of carbonyl (C=O) groups is 3. The molecule has 1 aliphatic rings. The molecular weight excluding hydrogens is 489 g/mol. The quantitative estimate of drug-likeness (QED) is 0.343. The maximum atomic E-state index is 13.7. The zero-order valence-electron chi connectivity index (χ0n) is 18.9. The van der Waals surface area contributed by atoms with Crippen molar-refractivity contribution in [3.63, 3.8) is 0 Å². The number of fused-ring (bicyclic) bond motifs is 1. The van der Waals surface area contributed by atoms with Gasteiger partial charge in [-0.3, -0.25) is 9.59 Å². The number of urea groups is 1. The van der Waals surface area contributed by atoms with Crippen LogP contribution in [0.2, 0.25) is 10.0 Å². The molecule has 0 saturated heterocycles. The molecule has 1 aliphatic carbocycles. The summed E-state index contributed by atoms with van der Waals surface area (Å²) in [7, 11) is 0. The minimum atomic E-state index is -1.07. The molecule has 9 heteroatoms. The summed E-state index contributed by atoms with van der Waals surface area (Å²) in [5.74, 6) is -1.50. The molecular formula is C26H25Cl2N3O4. The van der Waals surface area contributed by atoms with Gasteiger partial charge < -0.3 is 20.6 Å². The smallest absolute Gasteiger partial charge is 0.323 e. The molecule has 182 valence electrons. The number of hydrogen-bond acceptors (Lipinski definition) is 3. The Kier molecular flexibility index (Phi) is 7.78. The lowest BCUT2D eigenvalue weighted by atomic mass is 9.93. The fourth-order valence-electron chi connectivity index (χ4n) is 4.45. The third-order valence-corrected chi connectivity index (χ3v) is 6.67. The van der Waals surface area contributed by atoms with E-state index in [1.165, 1.54) is 11.0 Å². The van der Waals surface area contributed by atoms with Gasteiger partial charge in [0.1, 0.15) is 6.54 Å². The molecule has 3 aromatic rings. The number of halogens is 2. The summed E-state index contributed by atoms with van der Waals surface area (Å²) in [6.07, 6.45) is 4.47. The Morgan fingerprint density at radius 2 is 1.54 bits per heavy atom. The average molecular weight is 514 g/mol. The van der Waals surface area contributed by atoms with Crippen molar-refractivity contribution in [3.05, 3.63) is 70.2 Å². The van der Waals surface area contributed by atoms with Crippen LogP contribution in [0.25, 0.3) is 10.8 Å². The molecule has 0 aliphatic heterocycles. The Hall–Kier alpha value is -3.29. The van der Waals surface area contributed by atoms with Gasteiger partial charge in [0.05, 0.1) is 22.0 Å². The number of carbonyl (C=O) groups excluding carboxylic acids is 2. The van der Waals surface area contributed by atoms with E-state index in [0.717, 1.165) is 42.9 Å². The van der Waals surface area contributed by atoms with Crippen LogP contribution >= 0.6 is 23.2 Å². The number of rotatable bonds is 6. The Labute approximate surface area is 213 Å². The van der Waals surface area contributed by atoms with E-state index in [1.807, 2.05) is 24.3 Å². The van der Waals surface area contributed by atoms with Crippen molar-refractivity contribution in [2.45, 2.75) is 38.1 Å². The third kappa shape index (κ3) is 6.05. The zero-order valence-corrected chi connectivity index (χ0v) is 20.4. The summed E-state index contributed by atoms with van der Waals surface area (Å²) in [4.78, 5) is 39.6. The number of carboxylic acids is 1. The number of anilines is 2. The Balaban J connectivity index is 1.68. The lowest BCUT2D eigenvalue weighted by molar-refractivity contribution is -0.138. The van der Waals surface area contributed by atoms with Crippen LogP contribution < -0.4 is 10.6 Å². The van der Waals surface area contributed by atoms with Crippen LogP contribution in [0.4, 0.5) is 16.2 Å². The van der Waals surface area contributed by atoms with Gasteiger partial charge in [0.15, 0.2) is 0 Å². The van der Waals surface area contributed by atoms with Crippen LogP contribution in [0.15, 0.2) is 54.6 Å². The fraction of sp³-hybridized carbons (Fsp3) is 0.269. The van der Waals surface area contributed by atoms with Crippen molar-refractivity contribution in [1.29, 1.82) is 0 Å². The Morgan fingerprint density at radius 3 is 2.20 bits per heavy atom. The highest BCUT2D eigenvalue weighted by molar-refractivity contribution is 6.36. The van der Waals surface area contributed by atoms with Gasteiger partial charge in [0.25, 0.3) is 5.91 Å². The minimum absolute atomic E-state index is 0.159. The molecule has 0 unspecified atom stereocenters. The Bertz CT molecular complexity index is 1270. The first-order chi connectivity index (χ1) is 16.8. The van der Waals surface area contributed by atoms with E-state index in [1.54, 1.807) is 24.3 Å². The van der Waals surface area contributed by atoms with E-state index >= 15 is 0 Å². The molecule has 7 nitrogen and oxygen atoms in total. The average Bonchev–Trinajstić information content (AvgIpc) is 2.84. The SMILES string of the molecule is O=C(O)CN(C(=O)c1cc2ccccc2cc1NC(=O)Nc1ccc(Cl)cc1Cl)C1CCCCC1. The van der Waals surface area contributed by atoms with Crippen molar-refractivity contribution >= 4 is 63.3 Å². The molecule has 4 rings (SSSR count). The second-order valence-electron chi connectivity index (χ2n) is 8.57. The highest BCUT2D eigenvalue weighted by Crippen LogP contribution is 2.30. The topological polar surface area (TPSA) is 98.7 Å². The van der Waals surface area contributed by atoms with E-state index in [-0.39, 0.29) is 22.3 Å². The number of nitrogens with one attached hydrogen (secondary N) is 2. The summed E-state index contributed by atoms with van der Waals surface area (Å²) >= 11 is 12.1. The molecule has 0 bridgehead atoms. The maximum Gasteiger partial charge on any atom is 0.323 e. The number of aliphatic carboxylic acids is 1. The number of carboxylic acid groups (broad SMARTS) is 1. The molecule has 1 saturated carbocycles. The first-order valence-electron chi connectivity index (χ1n) is 11.4. The summed E-state index contributed by atoms with van der Waals surface area (Å²) < 4.78 is 0. The van der Waals surface area contributed by atoms with Crippen LogP contribution in [-0.4, -0.2) is 40.5 Å². The summed E-state index contributed by atoms with van der Waals surface area (Å²) in [5.41, 5.74) is 0.868. The van der Waals surface area contributed by atoms with Crippen LogP contribution in [0, 0.1) is 0 Å². The molecule has 0 aromatic heterocycles. The van der Waals surface area contributed by atoms with E-state index in [2.05, 4.69) is 10.6 Å². The molecule has 3 aromatic carbocycles. The van der Waals surface area contributed by atoms with Crippen molar-refractivity contribution < 1.29 is 19.5 Å². The van der Waals surface area contributed by atoms with Gasteiger partial charge in [-0.05, 0) is 53.9 Å². The van der Waals surface area contributed by atoms with Gasteiger partial charge in [-0.2, -0.15) is 0 Å². The lowest BCUT2D eigenvalue weighted by Gasteiger charge is -2.33. The highest BCUT2D eigenvalue weighted by Gasteiger charge is 2.30. The van der Waals surface area contributed by atoms with Gasteiger partial charge in [0.2, 0.25) is 0 Å². The first kappa shape index (κ1) is 24.8. The van der Waals surface area contributed by atoms with Crippen LogP contribution in [0.3, 0.4) is 0 Å². The fourth-order valence-corrected chi connectivity index (χ4v) is 4.90. The summed E-state index contributed by atoms with van der Waals surface area (Å²) in [5, 5.41) is 17.3. The molecule has 3 amide bonds. The van der Waals surface area contributed by atoms with Gasteiger partial charge in [-0.25, -0.2) is 4.79 Å². The molecule has 1 fully saturated rings. The van der Waals surface area contributed by atoms with Crippen LogP contribution in [0.1, 0.15) is 42.5 Å². The normalized spacial score (nSPS) is 13.9. The van der Waals surface area contributed by atoms with Gasteiger partial charge >= 0.3 is 12.0 Å². The summed E-state index contributed by atoms with van der Waals surface area (Å²) in [6, 6.07) is 14.8. The zero-order chi connectivity index (χ0) is 24.9. The second-order valence-corrected chi connectivity index (χ2v) is 9.41. The number of nitrogens with zero attached hydrogens (tertiary/aromatic N) is 1. The van der Waals surface area contributed by atoms with Crippen molar-refractivity contribution in [3.8, 4) is 0 Å². The molecule has 0 atom stereocenters. The molecule has 0 heterocycles. The van der Waals surface area contributed by atoms with Crippen molar-refractivity contribution in [2.24, 2.45) is 0 Å². The molecule has 3 N–H and O–H groups in total. The minimum Gasteiger partial charge on any atom is -0.480 e. The van der Waals surface area contributed by atoms with Gasteiger partial charge in [0, 0.05) is 11.1 Å². The molecule has 0 radical (unpaired) electrons. The Morgan fingerprint density at radius 1 is 0.886 bits per heavy atom. The largest absolute Gasteiger partial charge is 0.480 e.